The molecular formula is C16H14ClNO2. The van der Waals surface area contributed by atoms with Crippen LogP contribution in [-0.2, 0) is 12.8 Å². The molecule has 1 aliphatic rings. The molecule has 0 spiro atoms. The summed E-state index contributed by atoms with van der Waals surface area (Å²) >= 11 is 5.98. The molecule has 0 heterocycles. The molecule has 102 valence electrons. The van der Waals surface area contributed by atoms with E-state index in [1.54, 1.807) is 24.3 Å². The maximum atomic E-state index is 11.7. The third-order valence-corrected chi connectivity index (χ3v) is 3.85. The standard InChI is InChI=1S/C16H14ClNO2/c17-12-6-3-7-13(10-12)18(16(19)20)15-9-2-5-11-4-1-8-14(11)15/h2-3,5-7,9-10H,1,4,8H2,(H,19,20). The van der Waals surface area contributed by atoms with Crippen LogP contribution in [-0.4, -0.2) is 11.2 Å². The fourth-order valence-electron chi connectivity index (χ4n) is 2.78. The summed E-state index contributed by atoms with van der Waals surface area (Å²) < 4.78 is 0. The number of nitrogens with zero attached hydrogens (tertiary/aromatic N) is 1. The van der Waals surface area contributed by atoms with E-state index in [-0.39, 0.29) is 0 Å². The molecule has 2 aromatic rings. The van der Waals surface area contributed by atoms with Crippen molar-refractivity contribution in [3.05, 3.63) is 58.6 Å². The van der Waals surface area contributed by atoms with Gasteiger partial charge < -0.3 is 5.11 Å². The van der Waals surface area contributed by atoms with Crippen molar-refractivity contribution in [3.8, 4) is 0 Å². The molecule has 3 rings (SSSR count). The van der Waals surface area contributed by atoms with Gasteiger partial charge in [0.05, 0.1) is 11.4 Å². The first-order valence-electron chi connectivity index (χ1n) is 6.56. The lowest BCUT2D eigenvalue weighted by molar-refractivity contribution is 0.204. The van der Waals surface area contributed by atoms with Crippen LogP contribution in [0.2, 0.25) is 5.02 Å². The summed E-state index contributed by atoms with van der Waals surface area (Å²) in [7, 11) is 0. The van der Waals surface area contributed by atoms with Gasteiger partial charge in [-0.05, 0) is 54.7 Å². The number of benzene rings is 2. The van der Waals surface area contributed by atoms with Crippen LogP contribution in [0.4, 0.5) is 16.2 Å². The minimum absolute atomic E-state index is 0.529. The van der Waals surface area contributed by atoms with Crippen molar-refractivity contribution in [1.29, 1.82) is 0 Å². The number of fused-ring (bicyclic) bond motifs is 1. The second-order valence-electron chi connectivity index (χ2n) is 4.87. The summed E-state index contributed by atoms with van der Waals surface area (Å²) in [6.45, 7) is 0. The first kappa shape index (κ1) is 13.0. The van der Waals surface area contributed by atoms with Crippen LogP contribution in [0, 0.1) is 0 Å². The molecular weight excluding hydrogens is 274 g/mol. The molecule has 0 aliphatic heterocycles. The van der Waals surface area contributed by atoms with Crippen molar-refractivity contribution in [2.45, 2.75) is 19.3 Å². The molecule has 0 unspecified atom stereocenters. The van der Waals surface area contributed by atoms with Crippen LogP contribution in [0.25, 0.3) is 0 Å². The number of rotatable bonds is 2. The zero-order valence-corrected chi connectivity index (χ0v) is 11.6. The van der Waals surface area contributed by atoms with Gasteiger partial charge in [-0.3, -0.25) is 0 Å². The SMILES string of the molecule is O=C(O)N(c1cccc(Cl)c1)c1cccc2c1CCC2. The average Bonchev–Trinajstić information content (AvgIpc) is 2.88. The van der Waals surface area contributed by atoms with Crippen LogP contribution in [0.1, 0.15) is 17.5 Å². The Bertz CT molecular complexity index is 669. The van der Waals surface area contributed by atoms with E-state index in [1.165, 1.54) is 10.5 Å². The maximum Gasteiger partial charge on any atom is 0.416 e. The Morgan fingerprint density at radius 1 is 1.15 bits per heavy atom. The Kier molecular flexibility index (Phi) is 3.36. The molecule has 1 N–H and O–H groups in total. The van der Waals surface area contributed by atoms with E-state index in [2.05, 4.69) is 6.07 Å². The molecule has 0 saturated heterocycles. The predicted octanol–water partition coefficient (Wildman–Crippen LogP) is 4.64. The first-order valence-corrected chi connectivity index (χ1v) is 6.94. The van der Waals surface area contributed by atoms with E-state index in [4.69, 9.17) is 11.6 Å². The Morgan fingerprint density at radius 3 is 2.70 bits per heavy atom. The third-order valence-electron chi connectivity index (χ3n) is 3.62. The van der Waals surface area contributed by atoms with Gasteiger partial charge in [-0.1, -0.05) is 29.8 Å². The van der Waals surface area contributed by atoms with Crippen LogP contribution < -0.4 is 4.90 Å². The molecule has 1 aliphatic carbocycles. The monoisotopic (exact) mass is 287 g/mol. The highest BCUT2D eigenvalue weighted by Crippen LogP contribution is 2.35. The van der Waals surface area contributed by atoms with E-state index < -0.39 is 6.09 Å². The average molecular weight is 288 g/mol. The number of carbonyl (C=O) groups is 1. The molecule has 2 aromatic carbocycles. The van der Waals surface area contributed by atoms with Crippen molar-refractivity contribution in [2.75, 3.05) is 4.90 Å². The summed E-state index contributed by atoms with van der Waals surface area (Å²) in [4.78, 5) is 13.0. The normalized spacial score (nSPS) is 13.1. The minimum atomic E-state index is -0.993. The van der Waals surface area contributed by atoms with E-state index in [9.17, 15) is 9.90 Å². The van der Waals surface area contributed by atoms with Gasteiger partial charge in [-0.15, -0.1) is 0 Å². The van der Waals surface area contributed by atoms with Gasteiger partial charge >= 0.3 is 6.09 Å². The van der Waals surface area contributed by atoms with Gasteiger partial charge in [-0.2, -0.15) is 0 Å². The summed E-state index contributed by atoms with van der Waals surface area (Å²) in [6, 6.07) is 12.8. The van der Waals surface area contributed by atoms with Gasteiger partial charge in [0.15, 0.2) is 0 Å². The Balaban J connectivity index is 2.13. The fraction of sp³-hybridized carbons (Fsp3) is 0.188. The van der Waals surface area contributed by atoms with Gasteiger partial charge in [0.25, 0.3) is 0 Å². The number of halogens is 1. The first-order chi connectivity index (χ1) is 9.66. The lowest BCUT2D eigenvalue weighted by atomic mass is 10.1. The van der Waals surface area contributed by atoms with Gasteiger partial charge in [0.1, 0.15) is 0 Å². The van der Waals surface area contributed by atoms with Crippen molar-refractivity contribution in [2.24, 2.45) is 0 Å². The quantitative estimate of drug-likeness (QED) is 0.874. The third kappa shape index (κ3) is 2.25. The van der Waals surface area contributed by atoms with Gasteiger partial charge in [0, 0.05) is 5.02 Å². The summed E-state index contributed by atoms with van der Waals surface area (Å²) in [6.07, 6.45) is 2.03. The van der Waals surface area contributed by atoms with Crippen LogP contribution in [0.3, 0.4) is 0 Å². The van der Waals surface area contributed by atoms with Crippen molar-refractivity contribution in [3.63, 3.8) is 0 Å². The fourth-order valence-corrected chi connectivity index (χ4v) is 2.96. The highest BCUT2D eigenvalue weighted by Gasteiger charge is 2.23. The largest absolute Gasteiger partial charge is 0.464 e. The van der Waals surface area contributed by atoms with E-state index in [1.807, 2.05) is 12.1 Å². The molecule has 0 fully saturated rings. The lowest BCUT2D eigenvalue weighted by Crippen LogP contribution is -2.24. The molecule has 0 atom stereocenters. The second kappa shape index (κ2) is 5.17. The number of anilines is 2. The highest BCUT2D eigenvalue weighted by atomic mass is 35.5. The van der Waals surface area contributed by atoms with E-state index in [0.717, 1.165) is 30.5 Å². The smallest absolute Gasteiger partial charge is 0.416 e. The van der Waals surface area contributed by atoms with E-state index in [0.29, 0.717) is 10.7 Å². The van der Waals surface area contributed by atoms with Gasteiger partial charge in [0.2, 0.25) is 0 Å². The van der Waals surface area contributed by atoms with E-state index >= 15 is 0 Å². The molecule has 0 radical (unpaired) electrons. The number of aryl methyl sites for hydroxylation is 1. The Labute approximate surface area is 122 Å². The molecule has 0 bridgehead atoms. The van der Waals surface area contributed by atoms with Crippen molar-refractivity contribution in [1.82, 2.24) is 0 Å². The number of carboxylic acid groups (broad SMARTS) is 1. The van der Waals surface area contributed by atoms with Crippen molar-refractivity contribution >= 4 is 29.1 Å². The predicted molar refractivity (Wildman–Crippen MR) is 80.1 cm³/mol. The minimum Gasteiger partial charge on any atom is -0.464 e. The topological polar surface area (TPSA) is 40.5 Å². The Hall–Kier alpha value is -2.00. The molecule has 0 saturated carbocycles. The Morgan fingerprint density at radius 2 is 1.95 bits per heavy atom. The summed E-state index contributed by atoms with van der Waals surface area (Å²) in [5.74, 6) is 0. The van der Waals surface area contributed by atoms with Crippen LogP contribution >= 0.6 is 11.6 Å². The van der Waals surface area contributed by atoms with Gasteiger partial charge in [-0.25, -0.2) is 9.69 Å². The zero-order valence-electron chi connectivity index (χ0n) is 10.8. The molecule has 3 nitrogen and oxygen atoms in total. The summed E-state index contributed by atoms with van der Waals surface area (Å²) in [5, 5.41) is 10.1. The van der Waals surface area contributed by atoms with Crippen LogP contribution in [0.5, 0.6) is 0 Å². The second-order valence-corrected chi connectivity index (χ2v) is 5.30. The number of hydrogen-bond acceptors (Lipinski definition) is 1. The van der Waals surface area contributed by atoms with Crippen molar-refractivity contribution < 1.29 is 9.90 Å². The number of hydrogen-bond donors (Lipinski definition) is 1. The van der Waals surface area contributed by atoms with Crippen LogP contribution in [0.15, 0.2) is 42.5 Å². The highest BCUT2D eigenvalue weighted by molar-refractivity contribution is 6.31. The maximum absolute atomic E-state index is 11.7. The molecule has 4 heteroatoms. The number of amides is 1. The molecule has 1 amide bonds. The summed E-state index contributed by atoms with van der Waals surface area (Å²) in [5.41, 5.74) is 3.70. The molecule has 20 heavy (non-hydrogen) atoms. The molecule has 0 aromatic heterocycles. The lowest BCUT2D eigenvalue weighted by Gasteiger charge is -2.22. The zero-order chi connectivity index (χ0) is 14.1.